The van der Waals surface area contributed by atoms with Crippen molar-refractivity contribution in [3.8, 4) is 0 Å². The van der Waals surface area contributed by atoms with Crippen molar-refractivity contribution in [2.24, 2.45) is 0 Å². The molecular formula is C13H22N3O+. The van der Waals surface area contributed by atoms with E-state index in [9.17, 15) is 4.79 Å². The zero-order valence-electron chi connectivity index (χ0n) is 10.6. The van der Waals surface area contributed by atoms with Crippen LogP contribution in [0.5, 0.6) is 0 Å². The second kappa shape index (κ2) is 6.91. The second-order valence-electron chi connectivity index (χ2n) is 4.05. The third-order valence-corrected chi connectivity index (χ3v) is 2.97. The van der Waals surface area contributed by atoms with Crippen LogP contribution in [-0.4, -0.2) is 32.1 Å². The number of nitrogen functional groups attached to an aromatic ring is 1. The molecule has 0 spiro atoms. The summed E-state index contributed by atoms with van der Waals surface area (Å²) in [5.41, 5.74) is 6.82. The molecule has 1 aromatic carbocycles. The number of para-hydroxylation sites is 1. The zero-order chi connectivity index (χ0) is 12.7. The Balaban J connectivity index is 2.43. The van der Waals surface area contributed by atoms with Gasteiger partial charge in [-0.15, -0.1) is 0 Å². The fourth-order valence-electron chi connectivity index (χ4n) is 1.76. The first-order valence-electron chi connectivity index (χ1n) is 6.15. The van der Waals surface area contributed by atoms with Crippen LogP contribution in [-0.2, 0) is 0 Å². The van der Waals surface area contributed by atoms with Gasteiger partial charge in [-0.3, -0.25) is 4.79 Å². The van der Waals surface area contributed by atoms with Crippen molar-refractivity contribution in [2.45, 2.75) is 13.8 Å². The van der Waals surface area contributed by atoms with Crippen molar-refractivity contribution < 1.29 is 9.69 Å². The van der Waals surface area contributed by atoms with Crippen LogP contribution in [0.25, 0.3) is 0 Å². The molecule has 0 saturated heterocycles. The molecular weight excluding hydrogens is 214 g/mol. The van der Waals surface area contributed by atoms with Crippen molar-refractivity contribution in [1.29, 1.82) is 0 Å². The Hall–Kier alpha value is -1.55. The van der Waals surface area contributed by atoms with Crippen molar-refractivity contribution in [1.82, 2.24) is 5.32 Å². The monoisotopic (exact) mass is 236 g/mol. The van der Waals surface area contributed by atoms with Crippen LogP contribution >= 0.6 is 0 Å². The Bertz CT molecular complexity index is 361. The quantitative estimate of drug-likeness (QED) is 0.605. The lowest BCUT2D eigenvalue weighted by Crippen LogP contribution is -3.12. The number of quaternary nitrogens is 1. The van der Waals surface area contributed by atoms with Gasteiger partial charge in [0.1, 0.15) is 0 Å². The molecule has 0 bridgehead atoms. The number of anilines is 1. The third-order valence-electron chi connectivity index (χ3n) is 2.97. The van der Waals surface area contributed by atoms with Crippen molar-refractivity contribution >= 4 is 11.6 Å². The number of hydrogen-bond donors (Lipinski definition) is 3. The molecule has 0 unspecified atom stereocenters. The number of carbonyl (C=O) groups is 1. The van der Waals surface area contributed by atoms with Gasteiger partial charge in [-0.2, -0.15) is 0 Å². The van der Waals surface area contributed by atoms with E-state index >= 15 is 0 Å². The third kappa shape index (κ3) is 4.07. The zero-order valence-corrected chi connectivity index (χ0v) is 10.6. The van der Waals surface area contributed by atoms with Gasteiger partial charge in [-0.1, -0.05) is 12.1 Å². The van der Waals surface area contributed by atoms with E-state index in [0.717, 1.165) is 19.6 Å². The summed E-state index contributed by atoms with van der Waals surface area (Å²) in [6.45, 7) is 8.10. The maximum atomic E-state index is 11.8. The maximum Gasteiger partial charge on any atom is 0.253 e. The predicted molar refractivity (Wildman–Crippen MR) is 70.1 cm³/mol. The number of hydrogen-bond acceptors (Lipinski definition) is 2. The highest BCUT2D eigenvalue weighted by molar-refractivity contribution is 5.98. The average Bonchev–Trinajstić information content (AvgIpc) is 2.35. The minimum atomic E-state index is -0.0883. The summed E-state index contributed by atoms with van der Waals surface area (Å²) in [5, 5.41) is 2.90. The van der Waals surface area contributed by atoms with Gasteiger partial charge in [-0.25, -0.2) is 0 Å². The van der Waals surface area contributed by atoms with Gasteiger partial charge in [0.05, 0.1) is 31.7 Å². The van der Waals surface area contributed by atoms with Crippen LogP contribution in [0, 0.1) is 0 Å². The molecule has 0 saturated carbocycles. The molecule has 0 aliphatic carbocycles. The molecule has 0 aliphatic rings. The number of rotatable bonds is 6. The van der Waals surface area contributed by atoms with Crippen LogP contribution in [0.1, 0.15) is 24.2 Å². The SMILES string of the molecule is CC[NH+](CC)CCNC(=O)c1ccccc1N. The van der Waals surface area contributed by atoms with Gasteiger partial charge in [0.2, 0.25) is 0 Å². The van der Waals surface area contributed by atoms with E-state index in [1.807, 2.05) is 12.1 Å². The van der Waals surface area contributed by atoms with Gasteiger partial charge in [0, 0.05) is 5.69 Å². The number of benzene rings is 1. The normalized spacial score (nSPS) is 10.5. The standard InChI is InChI=1S/C13H21N3O/c1-3-16(4-2)10-9-15-13(17)11-7-5-6-8-12(11)14/h5-8H,3-4,9-10,14H2,1-2H3,(H,15,17)/p+1. The molecule has 17 heavy (non-hydrogen) atoms. The van der Waals surface area contributed by atoms with E-state index in [1.165, 1.54) is 4.90 Å². The summed E-state index contributed by atoms with van der Waals surface area (Å²) >= 11 is 0. The Labute approximate surface area is 103 Å². The number of carbonyl (C=O) groups excluding carboxylic acids is 1. The topological polar surface area (TPSA) is 59.6 Å². The van der Waals surface area contributed by atoms with E-state index in [4.69, 9.17) is 5.73 Å². The molecule has 0 aliphatic heterocycles. The molecule has 0 radical (unpaired) electrons. The molecule has 0 atom stereocenters. The molecule has 0 heterocycles. The average molecular weight is 236 g/mol. The van der Waals surface area contributed by atoms with Gasteiger partial charge >= 0.3 is 0 Å². The van der Waals surface area contributed by atoms with Crippen LogP contribution < -0.4 is 16.0 Å². The van der Waals surface area contributed by atoms with E-state index in [2.05, 4.69) is 19.2 Å². The molecule has 1 rings (SSSR count). The first-order chi connectivity index (χ1) is 8.19. The minimum absolute atomic E-state index is 0.0883. The summed E-state index contributed by atoms with van der Waals surface area (Å²) in [6, 6.07) is 7.13. The molecule has 4 nitrogen and oxygen atoms in total. The van der Waals surface area contributed by atoms with Gasteiger partial charge in [-0.05, 0) is 26.0 Å². The highest BCUT2D eigenvalue weighted by atomic mass is 16.1. The van der Waals surface area contributed by atoms with Gasteiger partial charge in [0.25, 0.3) is 5.91 Å². The van der Waals surface area contributed by atoms with Crippen LogP contribution in [0.3, 0.4) is 0 Å². The van der Waals surface area contributed by atoms with E-state index in [0.29, 0.717) is 17.8 Å². The summed E-state index contributed by atoms with van der Waals surface area (Å²) in [4.78, 5) is 13.3. The lowest BCUT2D eigenvalue weighted by atomic mass is 10.1. The smallest absolute Gasteiger partial charge is 0.253 e. The largest absolute Gasteiger partial charge is 0.398 e. The number of amides is 1. The van der Waals surface area contributed by atoms with E-state index < -0.39 is 0 Å². The van der Waals surface area contributed by atoms with Crippen LogP contribution in [0.4, 0.5) is 5.69 Å². The lowest BCUT2D eigenvalue weighted by molar-refractivity contribution is -0.895. The van der Waals surface area contributed by atoms with Crippen molar-refractivity contribution in [3.05, 3.63) is 29.8 Å². The van der Waals surface area contributed by atoms with Gasteiger partial charge < -0.3 is 16.0 Å². The van der Waals surface area contributed by atoms with Crippen LogP contribution in [0.15, 0.2) is 24.3 Å². The molecule has 94 valence electrons. The Morgan fingerprint density at radius 1 is 1.29 bits per heavy atom. The predicted octanol–water partition coefficient (Wildman–Crippen LogP) is -0.0767. The summed E-state index contributed by atoms with van der Waals surface area (Å²) in [5.74, 6) is -0.0883. The van der Waals surface area contributed by atoms with Crippen molar-refractivity contribution in [3.63, 3.8) is 0 Å². The summed E-state index contributed by atoms with van der Waals surface area (Å²) in [7, 11) is 0. The summed E-state index contributed by atoms with van der Waals surface area (Å²) in [6.07, 6.45) is 0. The first kappa shape index (κ1) is 13.5. The lowest BCUT2D eigenvalue weighted by Gasteiger charge is -2.15. The Morgan fingerprint density at radius 2 is 1.94 bits per heavy atom. The Kier molecular flexibility index (Phi) is 5.49. The fourth-order valence-corrected chi connectivity index (χ4v) is 1.76. The summed E-state index contributed by atoms with van der Waals surface area (Å²) < 4.78 is 0. The van der Waals surface area contributed by atoms with Crippen LogP contribution in [0.2, 0.25) is 0 Å². The number of likely N-dealkylation sites (N-methyl/N-ethyl adjacent to an activating group) is 1. The molecule has 1 amide bonds. The number of nitrogens with two attached hydrogens (primary N) is 1. The minimum Gasteiger partial charge on any atom is -0.398 e. The molecule has 4 N–H and O–H groups in total. The maximum absolute atomic E-state index is 11.8. The first-order valence-corrected chi connectivity index (χ1v) is 6.15. The van der Waals surface area contributed by atoms with Crippen molar-refractivity contribution in [2.75, 3.05) is 31.9 Å². The number of nitrogens with one attached hydrogen (secondary N) is 2. The molecule has 0 fully saturated rings. The highest BCUT2D eigenvalue weighted by Gasteiger charge is 2.09. The Morgan fingerprint density at radius 3 is 2.53 bits per heavy atom. The molecule has 4 heteroatoms. The second-order valence-corrected chi connectivity index (χ2v) is 4.05. The molecule has 1 aromatic rings. The van der Waals surface area contributed by atoms with Gasteiger partial charge in [0.15, 0.2) is 0 Å². The fraction of sp³-hybridized carbons (Fsp3) is 0.462. The van der Waals surface area contributed by atoms with E-state index in [1.54, 1.807) is 12.1 Å². The van der Waals surface area contributed by atoms with E-state index in [-0.39, 0.29) is 5.91 Å². The highest BCUT2D eigenvalue weighted by Crippen LogP contribution is 2.09. The molecule has 0 aromatic heterocycles.